The van der Waals surface area contributed by atoms with Gasteiger partial charge >= 0.3 is 0 Å². The zero-order valence-corrected chi connectivity index (χ0v) is 7.15. The molecule has 0 aliphatic heterocycles. The van der Waals surface area contributed by atoms with E-state index >= 15 is 0 Å². The Labute approximate surface area is 64.6 Å². The fourth-order valence-electron chi connectivity index (χ4n) is 0.642. The topological polar surface area (TPSA) is 26.3 Å². The van der Waals surface area contributed by atoms with Gasteiger partial charge in [0.2, 0.25) is 0 Å². The summed E-state index contributed by atoms with van der Waals surface area (Å²) in [6.45, 7) is 2.77. The first-order chi connectivity index (χ1) is 4.84. The zero-order valence-electron chi connectivity index (χ0n) is 6.34. The molecule has 0 bridgehead atoms. The standard InChI is InChI=1S/C7H14O2S/c1-2-3-6-9-10(8)7-4-5-7/h7H,2-6H2,1H3. The molecule has 1 aliphatic rings. The SMILES string of the molecule is CCCCOS(=O)C1CC1. The number of rotatable bonds is 5. The van der Waals surface area contributed by atoms with Gasteiger partial charge < -0.3 is 0 Å². The average Bonchev–Trinajstić information content (AvgIpc) is 2.69. The molecule has 1 fully saturated rings. The van der Waals surface area contributed by atoms with Crippen molar-refractivity contribution in [3.8, 4) is 0 Å². The highest BCUT2D eigenvalue weighted by atomic mass is 32.2. The predicted molar refractivity (Wildman–Crippen MR) is 42.0 cm³/mol. The third-order valence-corrected chi connectivity index (χ3v) is 2.91. The molecule has 0 heterocycles. The number of hydrogen-bond acceptors (Lipinski definition) is 2. The summed E-state index contributed by atoms with van der Waals surface area (Å²) < 4.78 is 16.0. The van der Waals surface area contributed by atoms with E-state index in [-0.39, 0.29) is 0 Å². The quantitative estimate of drug-likeness (QED) is 0.574. The predicted octanol–water partition coefficient (Wildman–Crippen LogP) is 1.63. The number of unbranched alkanes of at least 4 members (excludes halogenated alkanes) is 1. The zero-order chi connectivity index (χ0) is 7.40. The second kappa shape index (κ2) is 4.09. The van der Waals surface area contributed by atoms with E-state index in [4.69, 9.17) is 4.18 Å². The van der Waals surface area contributed by atoms with Crippen molar-refractivity contribution in [3.63, 3.8) is 0 Å². The lowest BCUT2D eigenvalue weighted by Gasteiger charge is -1.98. The monoisotopic (exact) mass is 162 g/mol. The molecule has 60 valence electrons. The van der Waals surface area contributed by atoms with Crippen molar-refractivity contribution in [3.05, 3.63) is 0 Å². The molecule has 0 saturated heterocycles. The van der Waals surface area contributed by atoms with Gasteiger partial charge in [-0.05, 0) is 19.3 Å². The molecule has 0 amide bonds. The molecule has 0 radical (unpaired) electrons. The summed E-state index contributed by atoms with van der Waals surface area (Å²) in [7, 11) is 0. The average molecular weight is 162 g/mol. The molecule has 1 saturated carbocycles. The molecule has 2 nitrogen and oxygen atoms in total. The van der Waals surface area contributed by atoms with E-state index in [0.29, 0.717) is 11.9 Å². The Bertz CT molecular complexity index is 121. The maximum atomic E-state index is 11.0. The first-order valence-electron chi connectivity index (χ1n) is 3.88. The summed E-state index contributed by atoms with van der Waals surface area (Å²) in [6.07, 6.45) is 4.33. The first-order valence-corrected chi connectivity index (χ1v) is 5.02. The minimum atomic E-state index is -0.962. The molecule has 0 aromatic rings. The molecule has 0 aromatic heterocycles. The van der Waals surface area contributed by atoms with Crippen molar-refractivity contribution in [2.45, 2.75) is 37.9 Å². The van der Waals surface area contributed by atoms with E-state index in [2.05, 4.69) is 6.92 Å². The van der Waals surface area contributed by atoms with Crippen LogP contribution in [0.2, 0.25) is 0 Å². The van der Waals surface area contributed by atoms with Gasteiger partial charge in [0.1, 0.15) is 0 Å². The maximum absolute atomic E-state index is 11.0. The fraction of sp³-hybridized carbons (Fsp3) is 1.00. The van der Waals surface area contributed by atoms with Crippen LogP contribution in [0.5, 0.6) is 0 Å². The van der Waals surface area contributed by atoms with E-state index in [9.17, 15) is 4.21 Å². The van der Waals surface area contributed by atoms with Gasteiger partial charge in [0.25, 0.3) is 0 Å². The van der Waals surface area contributed by atoms with Crippen LogP contribution in [0.4, 0.5) is 0 Å². The summed E-state index contributed by atoms with van der Waals surface area (Å²) in [4.78, 5) is 0. The van der Waals surface area contributed by atoms with Crippen molar-refractivity contribution >= 4 is 11.1 Å². The van der Waals surface area contributed by atoms with Crippen molar-refractivity contribution in [1.82, 2.24) is 0 Å². The molecule has 1 atom stereocenters. The van der Waals surface area contributed by atoms with Gasteiger partial charge in [-0.15, -0.1) is 0 Å². The molecule has 10 heavy (non-hydrogen) atoms. The van der Waals surface area contributed by atoms with Crippen LogP contribution in [0, 0.1) is 0 Å². The van der Waals surface area contributed by atoms with Gasteiger partial charge in [-0.25, -0.2) is 4.21 Å². The van der Waals surface area contributed by atoms with Crippen LogP contribution in [0.15, 0.2) is 0 Å². The Balaban J connectivity index is 1.95. The number of hydrogen-bond donors (Lipinski definition) is 0. The van der Waals surface area contributed by atoms with Gasteiger partial charge in [-0.2, -0.15) is 0 Å². The Kier molecular flexibility index (Phi) is 3.35. The van der Waals surface area contributed by atoms with Crippen LogP contribution in [-0.2, 0) is 15.3 Å². The Morgan fingerprint density at radius 2 is 2.30 bits per heavy atom. The molecule has 0 aromatic carbocycles. The van der Waals surface area contributed by atoms with Gasteiger partial charge in [-0.3, -0.25) is 4.18 Å². The van der Waals surface area contributed by atoms with Gasteiger partial charge in [0.05, 0.1) is 11.9 Å². The summed E-state index contributed by atoms with van der Waals surface area (Å²) in [5.41, 5.74) is 0. The van der Waals surface area contributed by atoms with Gasteiger partial charge in [0.15, 0.2) is 11.1 Å². The third-order valence-electron chi connectivity index (χ3n) is 1.49. The normalized spacial score (nSPS) is 20.9. The summed E-state index contributed by atoms with van der Waals surface area (Å²) >= 11 is -0.962. The Morgan fingerprint density at radius 1 is 1.60 bits per heavy atom. The van der Waals surface area contributed by atoms with Crippen LogP contribution in [-0.4, -0.2) is 16.1 Å². The maximum Gasteiger partial charge on any atom is 0.158 e. The van der Waals surface area contributed by atoms with Crippen molar-refractivity contribution in [1.29, 1.82) is 0 Å². The van der Waals surface area contributed by atoms with Crippen LogP contribution in [0.3, 0.4) is 0 Å². The first kappa shape index (κ1) is 8.21. The van der Waals surface area contributed by atoms with Crippen LogP contribution < -0.4 is 0 Å². The lowest BCUT2D eigenvalue weighted by atomic mass is 10.4. The molecule has 1 aliphatic carbocycles. The van der Waals surface area contributed by atoms with E-state index in [0.717, 1.165) is 25.7 Å². The summed E-state index contributed by atoms with van der Waals surface area (Å²) in [5.74, 6) is 0. The fourth-order valence-corrected chi connectivity index (χ4v) is 1.64. The molecule has 0 spiro atoms. The highest BCUT2D eigenvalue weighted by Gasteiger charge is 2.29. The lowest BCUT2D eigenvalue weighted by molar-refractivity contribution is 0.337. The second-order valence-electron chi connectivity index (χ2n) is 2.64. The summed E-state index contributed by atoms with van der Waals surface area (Å²) in [5, 5.41) is 0.372. The third kappa shape index (κ3) is 2.80. The summed E-state index contributed by atoms with van der Waals surface area (Å²) in [6, 6.07) is 0. The van der Waals surface area contributed by atoms with Gasteiger partial charge in [-0.1, -0.05) is 13.3 Å². The minimum absolute atomic E-state index is 0.372. The van der Waals surface area contributed by atoms with E-state index in [1.807, 2.05) is 0 Å². The van der Waals surface area contributed by atoms with E-state index < -0.39 is 11.1 Å². The van der Waals surface area contributed by atoms with E-state index in [1.165, 1.54) is 0 Å². The highest BCUT2D eigenvalue weighted by molar-refractivity contribution is 7.81. The van der Waals surface area contributed by atoms with Crippen LogP contribution in [0.25, 0.3) is 0 Å². The van der Waals surface area contributed by atoms with Crippen molar-refractivity contribution in [2.75, 3.05) is 6.61 Å². The molecule has 1 unspecified atom stereocenters. The molecular formula is C7H14O2S. The van der Waals surface area contributed by atoms with Crippen LogP contribution in [0.1, 0.15) is 32.6 Å². The van der Waals surface area contributed by atoms with Crippen molar-refractivity contribution < 1.29 is 8.39 Å². The molecular weight excluding hydrogens is 148 g/mol. The highest BCUT2D eigenvalue weighted by Crippen LogP contribution is 2.26. The molecule has 1 rings (SSSR count). The lowest BCUT2D eigenvalue weighted by Crippen LogP contribution is -2.03. The Hall–Kier alpha value is 0.110. The molecule has 3 heteroatoms. The van der Waals surface area contributed by atoms with E-state index in [1.54, 1.807) is 0 Å². The molecule has 0 N–H and O–H groups in total. The minimum Gasteiger partial charge on any atom is -0.290 e. The Morgan fingerprint density at radius 3 is 2.80 bits per heavy atom. The van der Waals surface area contributed by atoms with Gasteiger partial charge in [0, 0.05) is 0 Å². The van der Waals surface area contributed by atoms with Crippen molar-refractivity contribution in [2.24, 2.45) is 0 Å². The smallest absolute Gasteiger partial charge is 0.158 e. The largest absolute Gasteiger partial charge is 0.290 e. The van der Waals surface area contributed by atoms with Crippen LogP contribution >= 0.6 is 0 Å². The second-order valence-corrected chi connectivity index (χ2v) is 4.06.